The van der Waals surface area contributed by atoms with Crippen LogP contribution in [0.15, 0.2) is 22.7 Å². The van der Waals surface area contributed by atoms with Gasteiger partial charge in [0, 0.05) is 4.47 Å². The van der Waals surface area contributed by atoms with Gasteiger partial charge in [-0.05, 0) is 36.0 Å². The van der Waals surface area contributed by atoms with E-state index < -0.39 is 0 Å². The minimum absolute atomic E-state index is 0.0706. The zero-order valence-electron chi connectivity index (χ0n) is 6.85. The van der Waals surface area contributed by atoms with Crippen molar-refractivity contribution in [2.45, 2.75) is 19.3 Å². The molecule has 0 heterocycles. The first-order valence-electron chi connectivity index (χ1n) is 4.13. The lowest BCUT2D eigenvalue weighted by Gasteiger charge is -2.00. The SMILES string of the molecule is C[C@@H]1C[C@H]1c1ccc(Br)cc1F. The highest BCUT2D eigenvalue weighted by Crippen LogP contribution is 2.47. The van der Waals surface area contributed by atoms with E-state index in [9.17, 15) is 4.39 Å². The van der Waals surface area contributed by atoms with E-state index in [0.29, 0.717) is 11.8 Å². The summed E-state index contributed by atoms with van der Waals surface area (Å²) in [4.78, 5) is 0. The Bertz CT molecular complexity index is 309. The van der Waals surface area contributed by atoms with Gasteiger partial charge in [0.1, 0.15) is 5.82 Å². The minimum Gasteiger partial charge on any atom is -0.207 e. The minimum atomic E-state index is -0.0706. The van der Waals surface area contributed by atoms with E-state index in [1.807, 2.05) is 12.1 Å². The predicted octanol–water partition coefficient (Wildman–Crippen LogP) is 3.71. The molecule has 1 aliphatic carbocycles. The number of halogens is 2. The van der Waals surface area contributed by atoms with Gasteiger partial charge in [0.05, 0.1) is 0 Å². The van der Waals surface area contributed by atoms with Crippen molar-refractivity contribution in [1.82, 2.24) is 0 Å². The van der Waals surface area contributed by atoms with E-state index in [1.54, 1.807) is 6.07 Å². The molecule has 0 amide bonds. The molecule has 0 spiro atoms. The summed E-state index contributed by atoms with van der Waals surface area (Å²) in [7, 11) is 0. The predicted molar refractivity (Wildman–Crippen MR) is 50.6 cm³/mol. The quantitative estimate of drug-likeness (QED) is 0.688. The molecule has 0 unspecified atom stereocenters. The van der Waals surface area contributed by atoms with E-state index in [-0.39, 0.29) is 5.82 Å². The summed E-state index contributed by atoms with van der Waals surface area (Å²) in [6, 6.07) is 5.33. The Labute approximate surface area is 79.9 Å². The van der Waals surface area contributed by atoms with Crippen LogP contribution in [0.2, 0.25) is 0 Å². The maximum absolute atomic E-state index is 13.3. The van der Waals surface area contributed by atoms with Gasteiger partial charge >= 0.3 is 0 Å². The van der Waals surface area contributed by atoms with Crippen LogP contribution in [-0.2, 0) is 0 Å². The average Bonchev–Trinajstić information content (AvgIpc) is 2.66. The second-order valence-electron chi connectivity index (χ2n) is 3.49. The monoisotopic (exact) mass is 228 g/mol. The van der Waals surface area contributed by atoms with Crippen molar-refractivity contribution in [3.63, 3.8) is 0 Å². The van der Waals surface area contributed by atoms with Crippen molar-refractivity contribution >= 4 is 15.9 Å². The first-order valence-corrected chi connectivity index (χ1v) is 4.92. The smallest absolute Gasteiger partial charge is 0.127 e. The van der Waals surface area contributed by atoms with Crippen LogP contribution in [0.4, 0.5) is 4.39 Å². The lowest BCUT2D eigenvalue weighted by atomic mass is 10.1. The molecular formula is C10H10BrF. The second kappa shape index (κ2) is 2.84. The third kappa shape index (κ3) is 1.40. The van der Waals surface area contributed by atoms with Crippen molar-refractivity contribution < 1.29 is 4.39 Å². The van der Waals surface area contributed by atoms with Gasteiger partial charge in [-0.25, -0.2) is 4.39 Å². The van der Waals surface area contributed by atoms with Crippen molar-refractivity contribution in [3.8, 4) is 0 Å². The third-order valence-corrected chi connectivity index (χ3v) is 2.96. The molecule has 64 valence electrons. The molecule has 1 aromatic carbocycles. The van der Waals surface area contributed by atoms with Gasteiger partial charge in [0.15, 0.2) is 0 Å². The van der Waals surface area contributed by atoms with Crippen LogP contribution < -0.4 is 0 Å². The maximum Gasteiger partial charge on any atom is 0.127 e. The fourth-order valence-electron chi connectivity index (χ4n) is 1.56. The Morgan fingerprint density at radius 3 is 2.67 bits per heavy atom. The standard InChI is InChI=1S/C10H10BrF/c1-6-4-9(6)8-3-2-7(11)5-10(8)12/h2-3,5-6,9H,4H2,1H3/t6-,9-/m1/s1. The van der Waals surface area contributed by atoms with Crippen molar-refractivity contribution in [2.24, 2.45) is 5.92 Å². The summed E-state index contributed by atoms with van der Waals surface area (Å²) in [6.07, 6.45) is 1.14. The molecule has 2 atom stereocenters. The van der Waals surface area contributed by atoms with Gasteiger partial charge in [-0.1, -0.05) is 28.9 Å². The molecule has 0 radical (unpaired) electrons. The molecule has 0 aliphatic heterocycles. The van der Waals surface area contributed by atoms with Crippen LogP contribution in [0.3, 0.4) is 0 Å². The Balaban J connectivity index is 2.33. The molecule has 0 bridgehead atoms. The Kier molecular flexibility index (Phi) is 1.95. The molecule has 1 saturated carbocycles. The molecule has 1 fully saturated rings. The molecule has 0 saturated heterocycles. The highest BCUT2D eigenvalue weighted by Gasteiger charge is 2.35. The van der Waals surface area contributed by atoms with Crippen LogP contribution in [-0.4, -0.2) is 0 Å². The molecule has 1 aromatic rings. The molecule has 12 heavy (non-hydrogen) atoms. The first kappa shape index (κ1) is 8.24. The van der Waals surface area contributed by atoms with Crippen LogP contribution in [0.1, 0.15) is 24.8 Å². The van der Waals surface area contributed by atoms with E-state index in [0.717, 1.165) is 16.5 Å². The summed E-state index contributed by atoms with van der Waals surface area (Å²) in [5.74, 6) is 1.07. The molecule has 2 rings (SSSR count). The van der Waals surface area contributed by atoms with Crippen LogP contribution in [0.25, 0.3) is 0 Å². The summed E-state index contributed by atoms with van der Waals surface area (Å²) >= 11 is 3.24. The van der Waals surface area contributed by atoms with E-state index in [1.165, 1.54) is 0 Å². The van der Waals surface area contributed by atoms with Gasteiger partial charge in [-0.2, -0.15) is 0 Å². The van der Waals surface area contributed by atoms with Gasteiger partial charge < -0.3 is 0 Å². The summed E-state index contributed by atoms with van der Waals surface area (Å²) in [6.45, 7) is 2.16. The number of rotatable bonds is 1. The summed E-state index contributed by atoms with van der Waals surface area (Å²) < 4.78 is 14.1. The van der Waals surface area contributed by atoms with Crippen molar-refractivity contribution in [1.29, 1.82) is 0 Å². The third-order valence-electron chi connectivity index (χ3n) is 2.47. The highest BCUT2D eigenvalue weighted by atomic mass is 79.9. The van der Waals surface area contributed by atoms with Gasteiger partial charge in [0.2, 0.25) is 0 Å². The number of hydrogen-bond donors (Lipinski definition) is 0. The van der Waals surface area contributed by atoms with Crippen molar-refractivity contribution in [3.05, 3.63) is 34.1 Å². The largest absolute Gasteiger partial charge is 0.207 e. The molecule has 1 aliphatic rings. The summed E-state index contributed by atoms with van der Waals surface area (Å²) in [5, 5.41) is 0. The maximum atomic E-state index is 13.3. The van der Waals surface area contributed by atoms with Gasteiger partial charge in [-0.15, -0.1) is 0 Å². The number of hydrogen-bond acceptors (Lipinski definition) is 0. The molecule has 0 nitrogen and oxygen atoms in total. The van der Waals surface area contributed by atoms with Crippen LogP contribution in [0.5, 0.6) is 0 Å². The fourth-order valence-corrected chi connectivity index (χ4v) is 1.89. The highest BCUT2D eigenvalue weighted by molar-refractivity contribution is 9.10. The van der Waals surface area contributed by atoms with E-state index in [4.69, 9.17) is 0 Å². The molecular weight excluding hydrogens is 219 g/mol. The van der Waals surface area contributed by atoms with Crippen LogP contribution in [0, 0.1) is 11.7 Å². The Morgan fingerprint density at radius 1 is 1.50 bits per heavy atom. The van der Waals surface area contributed by atoms with Gasteiger partial charge in [0.25, 0.3) is 0 Å². The molecule has 0 aromatic heterocycles. The lowest BCUT2D eigenvalue weighted by Crippen LogP contribution is -1.87. The normalized spacial score (nSPS) is 27.2. The zero-order valence-corrected chi connectivity index (χ0v) is 8.44. The lowest BCUT2D eigenvalue weighted by molar-refractivity contribution is 0.607. The number of benzene rings is 1. The second-order valence-corrected chi connectivity index (χ2v) is 4.40. The van der Waals surface area contributed by atoms with Gasteiger partial charge in [-0.3, -0.25) is 0 Å². The Hall–Kier alpha value is -0.370. The Morgan fingerprint density at radius 2 is 2.17 bits per heavy atom. The van der Waals surface area contributed by atoms with Crippen LogP contribution >= 0.6 is 15.9 Å². The average molecular weight is 229 g/mol. The fraction of sp³-hybridized carbons (Fsp3) is 0.400. The van der Waals surface area contributed by atoms with Crippen molar-refractivity contribution in [2.75, 3.05) is 0 Å². The molecule has 0 N–H and O–H groups in total. The first-order chi connectivity index (χ1) is 5.68. The summed E-state index contributed by atoms with van der Waals surface area (Å²) in [5.41, 5.74) is 0.880. The zero-order chi connectivity index (χ0) is 8.72. The van der Waals surface area contributed by atoms with E-state index in [2.05, 4.69) is 22.9 Å². The molecule has 2 heteroatoms. The van der Waals surface area contributed by atoms with E-state index >= 15 is 0 Å². The topological polar surface area (TPSA) is 0 Å².